The van der Waals surface area contributed by atoms with E-state index in [9.17, 15) is 9.00 Å². The Morgan fingerprint density at radius 1 is 1.16 bits per heavy atom. The van der Waals surface area contributed by atoms with Crippen LogP contribution in [0.15, 0.2) is 72.5 Å². The first-order chi connectivity index (χ1) is 15.5. The molecule has 0 unspecified atom stereocenters. The van der Waals surface area contributed by atoms with Gasteiger partial charge >= 0.3 is 5.97 Å². The standard InChI is InChI=1S/C26H23NO4S/c1-2-31-24-9-4-3-6-21(24)7-5-8-23-18-27-17-20(12-15-25(27)32(23)30)16-19-10-13-22(14-11-19)26(28)29/h3-4,6,9-15,17H,2,7,16,18H2,1H3,(H,28,29). The number of carboxylic acid groups (broad SMARTS) is 1. The van der Waals surface area contributed by atoms with E-state index in [0.29, 0.717) is 30.9 Å². The minimum Gasteiger partial charge on any atom is -0.494 e. The van der Waals surface area contributed by atoms with Crippen LogP contribution in [0.1, 0.15) is 28.4 Å². The van der Waals surface area contributed by atoms with Crippen molar-refractivity contribution in [1.82, 2.24) is 4.90 Å². The molecule has 0 bridgehead atoms. The smallest absolute Gasteiger partial charge is 0.335 e. The van der Waals surface area contributed by atoms with E-state index in [4.69, 9.17) is 9.84 Å². The van der Waals surface area contributed by atoms with E-state index in [0.717, 1.165) is 27.4 Å². The first-order valence-corrected chi connectivity index (χ1v) is 11.5. The molecule has 0 fully saturated rings. The molecule has 2 heterocycles. The van der Waals surface area contributed by atoms with Gasteiger partial charge in [0.15, 0.2) is 0 Å². The van der Waals surface area contributed by atoms with Crippen LogP contribution in [-0.2, 0) is 22.8 Å². The van der Waals surface area contributed by atoms with Crippen molar-refractivity contribution in [3.8, 4) is 17.6 Å². The SMILES string of the molecule is CCOc1ccccc1CC#CC1=S(=O)=C2C=CC(Cc3ccc(C(=O)O)cc3)=CN2C1. The van der Waals surface area contributed by atoms with Crippen LogP contribution in [0.2, 0.25) is 0 Å². The summed E-state index contributed by atoms with van der Waals surface area (Å²) in [4.78, 5) is 14.4. The number of nitrogens with zero attached hydrogens (tertiary/aromatic N) is 1. The topological polar surface area (TPSA) is 66.8 Å². The van der Waals surface area contributed by atoms with Gasteiger partial charge in [0.25, 0.3) is 0 Å². The van der Waals surface area contributed by atoms with Gasteiger partial charge in [-0.2, -0.15) is 0 Å². The summed E-state index contributed by atoms with van der Waals surface area (Å²) in [6, 6.07) is 14.7. The molecule has 0 amide bonds. The number of fused-ring (bicyclic) bond motifs is 1. The minimum atomic E-state index is -1.26. The fourth-order valence-corrected chi connectivity index (χ4v) is 4.78. The second kappa shape index (κ2) is 9.63. The van der Waals surface area contributed by atoms with Crippen LogP contribution < -0.4 is 4.74 Å². The maximum Gasteiger partial charge on any atom is 0.335 e. The van der Waals surface area contributed by atoms with Gasteiger partial charge in [0.05, 0.1) is 18.7 Å². The lowest BCUT2D eigenvalue weighted by atomic mass is 10.0. The predicted octanol–water partition coefficient (Wildman–Crippen LogP) is 3.39. The average Bonchev–Trinajstić information content (AvgIpc) is 3.10. The van der Waals surface area contributed by atoms with E-state index < -0.39 is 15.9 Å². The summed E-state index contributed by atoms with van der Waals surface area (Å²) in [7, 11) is -1.26. The molecule has 0 saturated heterocycles. The number of carbonyl (C=O) groups is 1. The van der Waals surface area contributed by atoms with Gasteiger partial charge in [-0.15, -0.1) is 0 Å². The number of para-hydroxylation sites is 1. The summed E-state index contributed by atoms with van der Waals surface area (Å²) < 4.78 is 18.5. The first-order valence-electron chi connectivity index (χ1n) is 10.4. The van der Waals surface area contributed by atoms with Crippen molar-refractivity contribution in [3.63, 3.8) is 0 Å². The van der Waals surface area contributed by atoms with Crippen molar-refractivity contribution in [1.29, 1.82) is 0 Å². The summed E-state index contributed by atoms with van der Waals surface area (Å²) in [5.41, 5.74) is 3.38. The Balaban J connectivity index is 1.45. The Morgan fingerprint density at radius 3 is 2.69 bits per heavy atom. The van der Waals surface area contributed by atoms with Gasteiger partial charge in [-0.25, -0.2) is 9.00 Å². The molecule has 0 aromatic heterocycles. The third-order valence-corrected chi connectivity index (χ3v) is 6.59. The van der Waals surface area contributed by atoms with Gasteiger partial charge in [-0.05, 0) is 48.8 Å². The molecule has 4 rings (SSSR count). The van der Waals surface area contributed by atoms with Gasteiger partial charge in [-0.3, -0.25) is 0 Å². The Bertz CT molecular complexity index is 1320. The molecular formula is C26H23NO4S. The molecule has 6 heteroatoms. The highest BCUT2D eigenvalue weighted by molar-refractivity contribution is 7.86. The Kier molecular flexibility index (Phi) is 6.48. The lowest BCUT2D eigenvalue weighted by Crippen LogP contribution is -2.26. The molecule has 162 valence electrons. The van der Waals surface area contributed by atoms with E-state index in [-0.39, 0.29) is 5.56 Å². The number of hydrogen-bond donors (Lipinski definition) is 1. The highest BCUT2D eigenvalue weighted by Crippen LogP contribution is 2.19. The fourth-order valence-electron chi connectivity index (χ4n) is 3.59. The Labute approximate surface area is 189 Å². The quantitative estimate of drug-likeness (QED) is 0.545. The summed E-state index contributed by atoms with van der Waals surface area (Å²) in [6.07, 6.45) is 7.05. The van der Waals surface area contributed by atoms with E-state index in [2.05, 4.69) is 11.8 Å². The van der Waals surface area contributed by atoms with Crippen molar-refractivity contribution in [2.75, 3.05) is 13.2 Å². The number of ether oxygens (including phenoxy) is 1. The largest absolute Gasteiger partial charge is 0.494 e. The molecule has 0 saturated carbocycles. The van der Waals surface area contributed by atoms with E-state index >= 15 is 0 Å². The molecule has 0 atom stereocenters. The van der Waals surface area contributed by atoms with Crippen molar-refractivity contribution < 1.29 is 18.8 Å². The number of rotatable bonds is 6. The van der Waals surface area contributed by atoms with Crippen molar-refractivity contribution >= 4 is 25.8 Å². The normalized spacial score (nSPS) is 14.6. The summed E-state index contributed by atoms with van der Waals surface area (Å²) in [5, 5.41) is 9.03. The number of aromatic carboxylic acids is 1. The Hall–Kier alpha value is -3.69. The molecule has 0 radical (unpaired) electrons. The second-order valence-electron chi connectivity index (χ2n) is 7.39. The zero-order valence-electron chi connectivity index (χ0n) is 17.7. The van der Waals surface area contributed by atoms with Crippen molar-refractivity contribution in [3.05, 3.63) is 89.1 Å². The van der Waals surface area contributed by atoms with Crippen LogP contribution in [0.3, 0.4) is 0 Å². The van der Waals surface area contributed by atoms with Gasteiger partial charge in [0.1, 0.15) is 15.6 Å². The molecule has 2 aliphatic rings. The van der Waals surface area contributed by atoms with Gasteiger partial charge < -0.3 is 14.7 Å². The van der Waals surface area contributed by atoms with Crippen LogP contribution in [0, 0.1) is 11.8 Å². The van der Waals surface area contributed by atoms with Crippen LogP contribution in [0.4, 0.5) is 0 Å². The van der Waals surface area contributed by atoms with E-state index in [1.54, 1.807) is 12.1 Å². The zero-order valence-corrected chi connectivity index (χ0v) is 18.5. The number of allylic oxidation sites excluding steroid dienone is 2. The average molecular weight is 446 g/mol. The lowest BCUT2D eigenvalue weighted by Gasteiger charge is -2.20. The minimum absolute atomic E-state index is 0.272. The first kappa shape index (κ1) is 21.5. The van der Waals surface area contributed by atoms with Crippen LogP contribution >= 0.6 is 0 Å². The fraction of sp³-hybridized carbons (Fsp3) is 0.192. The van der Waals surface area contributed by atoms with Crippen LogP contribution in [0.5, 0.6) is 5.75 Å². The lowest BCUT2D eigenvalue weighted by molar-refractivity contribution is 0.0697. The molecule has 2 aliphatic heterocycles. The molecule has 32 heavy (non-hydrogen) atoms. The number of carboxylic acids is 1. The molecule has 2 aromatic rings. The Morgan fingerprint density at radius 2 is 1.94 bits per heavy atom. The van der Waals surface area contributed by atoms with Crippen molar-refractivity contribution in [2.45, 2.75) is 19.8 Å². The highest BCUT2D eigenvalue weighted by Gasteiger charge is 2.20. The summed E-state index contributed by atoms with van der Waals surface area (Å²) in [5.74, 6) is 6.17. The predicted molar refractivity (Wildman–Crippen MR) is 128 cm³/mol. The van der Waals surface area contributed by atoms with Gasteiger partial charge in [-0.1, -0.05) is 48.2 Å². The third-order valence-electron chi connectivity index (χ3n) is 5.16. The van der Waals surface area contributed by atoms with E-state index in [1.165, 1.54) is 0 Å². The molecule has 1 N–H and O–H groups in total. The molecule has 2 aromatic carbocycles. The second-order valence-corrected chi connectivity index (χ2v) is 8.84. The van der Waals surface area contributed by atoms with Gasteiger partial charge in [0, 0.05) is 28.2 Å². The molecule has 0 aliphatic carbocycles. The zero-order chi connectivity index (χ0) is 22.5. The number of benzene rings is 2. The molecule has 5 nitrogen and oxygen atoms in total. The monoisotopic (exact) mass is 445 g/mol. The highest BCUT2D eigenvalue weighted by atomic mass is 32.1. The summed E-state index contributed by atoms with van der Waals surface area (Å²) >= 11 is 0. The summed E-state index contributed by atoms with van der Waals surface area (Å²) in [6.45, 7) is 3.06. The third kappa shape index (κ3) is 4.79. The molecule has 0 spiro atoms. The maximum absolute atomic E-state index is 12.8. The number of hydrogen-bond acceptors (Lipinski definition) is 4. The van der Waals surface area contributed by atoms with Crippen molar-refractivity contribution in [2.24, 2.45) is 0 Å². The van der Waals surface area contributed by atoms with Crippen LogP contribution in [0.25, 0.3) is 0 Å². The maximum atomic E-state index is 12.8. The van der Waals surface area contributed by atoms with E-state index in [1.807, 2.05) is 66.6 Å². The van der Waals surface area contributed by atoms with Gasteiger partial charge in [0.2, 0.25) is 0 Å². The van der Waals surface area contributed by atoms with Crippen LogP contribution in [-0.4, -0.2) is 43.2 Å². The molecular weight excluding hydrogens is 422 g/mol.